The minimum atomic E-state index is 0.319. The van der Waals surface area contributed by atoms with Crippen LogP contribution in [0, 0.1) is 0 Å². The van der Waals surface area contributed by atoms with Gasteiger partial charge in [-0.15, -0.1) is 11.3 Å². The predicted octanol–water partition coefficient (Wildman–Crippen LogP) is 4.17. The van der Waals surface area contributed by atoms with Crippen LogP contribution in [0.15, 0.2) is 22.7 Å². The van der Waals surface area contributed by atoms with Crippen molar-refractivity contribution in [1.82, 2.24) is 10.1 Å². The monoisotopic (exact) mass is 320 g/mol. The van der Waals surface area contributed by atoms with Crippen molar-refractivity contribution in [2.24, 2.45) is 0 Å². The number of nitrogens with zero attached hydrogens (tertiary/aromatic N) is 2. The molecule has 4 nitrogen and oxygen atoms in total. The Balaban J connectivity index is 1.54. The Morgan fingerprint density at radius 3 is 2.95 bits per heavy atom. The summed E-state index contributed by atoms with van der Waals surface area (Å²) in [6.07, 6.45) is 4.88. The van der Waals surface area contributed by atoms with Gasteiger partial charge >= 0.3 is 0 Å². The molecule has 0 aromatic carbocycles. The predicted molar refractivity (Wildman–Crippen MR) is 87.9 cm³/mol. The van der Waals surface area contributed by atoms with E-state index >= 15 is 0 Å². The average molecular weight is 320 g/mol. The van der Waals surface area contributed by atoms with E-state index in [0.29, 0.717) is 6.10 Å². The molecule has 22 heavy (non-hydrogen) atoms. The molecule has 0 unspecified atom stereocenters. The zero-order chi connectivity index (χ0) is 15.4. The molecule has 3 rings (SSSR count). The lowest BCUT2D eigenvalue weighted by Crippen LogP contribution is -2.16. The lowest BCUT2D eigenvalue weighted by molar-refractivity contribution is 0.0172. The smallest absolute Gasteiger partial charge is 0.150 e. The van der Waals surface area contributed by atoms with Crippen LogP contribution in [-0.4, -0.2) is 23.7 Å². The standard InChI is InChI=1S/C17H24N2O2S/c1-3-13-10-14(21-18-13)11-19(2)12-15-7-8-17(22-15)16-6-4-5-9-20-16/h7-8,10,16H,3-6,9,11-12H2,1-2H3/t16-/m1/s1. The second-order valence-corrected chi connectivity index (χ2v) is 7.17. The number of hydrogen-bond acceptors (Lipinski definition) is 5. The molecule has 1 saturated heterocycles. The number of aromatic nitrogens is 1. The third-order valence-corrected chi connectivity index (χ3v) is 5.16. The van der Waals surface area contributed by atoms with E-state index in [1.807, 2.05) is 17.4 Å². The highest BCUT2D eigenvalue weighted by Crippen LogP contribution is 2.33. The molecule has 0 radical (unpaired) electrons. The van der Waals surface area contributed by atoms with E-state index in [1.54, 1.807) is 0 Å². The van der Waals surface area contributed by atoms with Gasteiger partial charge in [-0.3, -0.25) is 4.90 Å². The Hall–Kier alpha value is -1.17. The van der Waals surface area contributed by atoms with Gasteiger partial charge in [0.2, 0.25) is 0 Å². The first kappa shape index (κ1) is 15.7. The Bertz CT molecular complexity index is 587. The first-order valence-electron chi connectivity index (χ1n) is 8.08. The van der Waals surface area contributed by atoms with Gasteiger partial charge in [-0.25, -0.2) is 0 Å². The summed E-state index contributed by atoms with van der Waals surface area (Å²) >= 11 is 1.88. The van der Waals surface area contributed by atoms with Crippen LogP contribution in [0.4, 0.5) is 0 Å². The summed E-state index contributed by atoms with van der Waals surface area (Å²) in [5.74, 6) is 0.937. The summed E-state index contributed by atoms with van der Waals surface area (Å²) in [4.78, 5) is 5.01. The zero-order valence-corrected chi connectivity index (χ0v) is 14.2. The molecular formula is C17H24N2O2S. The molecule has 0 saturated carbocycles. The van der Waals surface area contributed by atoms with Crippen molar-refractivity contribution in [3.63, 3.8) is 0 Å². The van der Waals surface area contributed by atoms with Gasteiger partial charge in [-0.1, -0.05) is 12.1 Å². The summed E-state index contributed by atoms with van der Waals surface area (Å²) in [6, 6.07) is 6.51. The quantitative estimate of drug-likeness (QED) is 0.800. The molecule has 0 bridgehead atoms. The second kappa shape index (κ2) is 7.40. The molecule has 1 atom stereocenters. The molecule has 3 heterocycles. The van der Waals surface area contributed by atoms with Crippen LogP contribution in [-0.2, 0) is 24.2 Å². The zero-order valence-electron chi connectivity index (χ0n) is 13.4. The highest BCUT2D eigenvalue weighted by molar-refractivity contribution is 7.12. The van der Waals surface area contributed by atoms with Gasteiger partial charge in [-0.2, -0.15) is 0 Å². The van der Waals surface area contributed by atoms with Crippen molar-refractivity contribution in [3.05, 3.63) is 39.4 Å². The molecule has 2 aromatic rings. The normalized spacial score (nSPS) is 19.0. The van der Waals surface area contributed by atoms with Crippen molar-refractivity contribution < 1.29 is 9.26 Å². The Labute approximate surface area is 136 Å². The Morgan fingerprint density at radius 2 is 2.23 bits per heavy atom. The molecule has 1 aliphatic rings. The van der Waals surface area contributed by atoms with E-state index in [4.69, 9.17) is 9.26 Å². The van der Waals surface area contributed by atoms with Crippen molar-refractivity contribution in [2.45, 2.75) is 51.8 Å². The van der Waals surface area contributed by atoms with E-state index < -0.39 is 0 Å². The minimum absolute atomic E-state index is 0.319. The third-order valence-electron chi connectivity index (χ3n) is 4.00. The minimum Gasteiger partial charge on any atom is -0.373 e. The summed E-state index contributed by atoms with van der Waals surface area (Å²) in [6.45, 7) is 4.72. The van der Waals surface area contributed by atoms with Crippen LogP contribution in [0.1, 0.15) is 53.5 Å². The number of rotatable bonds is 6. The van der Waals surface area contributed by atoms with E-state index in [2.05, 4.69) is 36.2 Å². The maximum Gasteiger partial charge on any atom is 0.150 e. The summed E-state index contributed by atoms with van der Waals surface area (Å²) in [5.41, 5.74) is 1.02. The van der Waals surface area contributed by atoms with Crippen molar-refractivity contribution in [3.8, 4) is 0 Å². The lowest BCUT2D eigenvalue weighted by atomic mass is 10.1. The molecule has 0 N–H and O–H groups in total. The molecule has 5 heteroatoms. The van der Waals surface area contributed by atoms with Crippen molar-refractivity contribution in [2.75, 3.05) is 13.7 Å². The molecule has 1 aliphatic heterocycles. The van der Waals surface area contributed by atoms with E-state index in [0.717, 1.165) is 44.0 Å². The maximum absolute atomic E-state index is 5.87. The van der Waals surface area contributed by atoms with Crippen LogP contribution in [0.3, 0.4) is 0 Å². The lowest BCUT2D eigenvalue weighted by Gasteiger charge is -2.21. The third kappa shape index (κ3) is 3.97. The van der Waals surface area contributed by atoms with Gasteiger partial charge in [0, 0.05) is 29.0 Å². The largest absolute Gasteiger partial charge is 0.373 e. The van der Waals surface area contributed by atoms with Crippen molar-refractivity contribution in [1.29, 1.82) is 0 Å². The SMILES string of the molecule is CCc1cc(CN(C)Cc2ccc([C@H]3CCCCO3)s2)on1. The highest BCUT2D eigenvalue weighted by Gasteiger charge is 2.18. The van der Waals surface area contributed by atoms with Gasteiger partial charge in [0.1, 0.15) is 0 Å². The van der Waals surface area contributed by atoms with Gasteiger partial charge in [0.15, 0.2) is 5.76 Å². The van der Waals surface area contributed by atoms with E-state index in [1.165, 1.54) is 22.6 Å². The number of thiophene rings is 1. The van der Waals surface area contributed by atoms with Crippen LogP contribution in [0.2, 0.25) is 0 Å². The van der Waals surface area contributed by atoms with Crippen LogP contribution in [0.5, 0.6) is 0 Å². The fraction of sp³-hybridized carbons (Fsp3) is 0.588. The van der Waals surface area contributed by atoms with Crippen LogP contribution in [0.25, 0.3) is 0 Å². The first-order chi connectivity index (χ1) is 10.7. The molecule has 2 aromatic heterocycles. The fourth-order valence-corrected chi connectivity index (χ4v) is 3.98. The molecule has 1 fully saturated rings. The number of ether oxygens (including phenoxy) is 1. The molecule has 0 aliphatic carbocycles. The van der Waals surface area contributed by atoms with E-state index in [-0.39, 0.29) is 0 Å². The first-order valence-corrected chi connectivity index (χ1v) is 8.89. The highest BCUT2D eigenvalue weighted by atomic mass is 32.1. The second-order valence-electron chi connectivity index (χ2n) is 5.97. The van der Waals surface area contributed by atoms with Crippen molar-refractivity contribution >= 4 is 11.3 Å². The summed E-state index contributed by atoms with van der Waals surface area (Å²) in [7, 11) is 2.12. The van der Waals surface area contributed by atoms with Gasteiger partial charge < -0.3 is 9.26 Å². The Morgan fingerprint density at radius 1 is 1.32 bits per heavy atom. The number of aryl methyl sites for hydroxylation is 1. The Kier molecular flexibility index (Phi) is 5.28. The molecule has 0 amide bonds. The van der Waals surface area contributed by atoms with Gasteiger partial charge in [0.25, 0.3) is 0 Å². The van der Waals surface area contributed by atoms with E-state index in [9.17, 15) is 0 Å². The average Bonchev–Trinajstić information content (AvgIpc) is 3.17. The van der Waals surface area contributed by atoms with Gasteiger partial charge in [0.05, 0.1) is 18.3 Å². The topological polar surface area (TPSA) is 38.5 Å². The number of hydrogen-bond donors (Lipinski definition) is 0. The molecule has 120 valence electrons. The summed E-state index contributed by atoms with van der Waals surface area (Å²) < 4.78 is 11.2. The van der Waals surface area contributed by atoms with Crippen LogP contribution >= 0.6 is 11.3 Å². The molecule has 0 spiro atoms. The van der Waals surface area contributed by atoms with Crippen LogP contribution < -0.4 is 0 Å². The summed E-state index contributed by atoms with van der Waals surface area (Å²) in [5, 5.41) is 4.04. The molecular weight excluding hydrogens is 296 g/mol. The fourth-order valence-electron chi connectivity index (χ4n) is 2.80. The maximum atomic E-state index is 5.87. The van der Waals surface area contributed by atoms with Gasteiger partial charge in [-0.05, 0) is 44.9 Å².